The van der Waals surface area contributed by atoms with Crippen molar-refractivity contribution in [2.24, 2.45) is 0 Å². The van der Waals surface area contributed by atoms with Gasteiger partial charge in [-0.2, -0.15) is 0 Å². The van der Waals surface area contributed by atoms with Crippen molar-refractivity contribution in [2.75, 3.05) is 13.2 Å². The van der Waals surface area contributed by atoms with Gasteiger partial charge in [0.15, 0.2) is 0 Å². The Morgan fingerprint density at radius 2 is 1.69 bits per heavy atom. The summed E-state index contributed by atoms with van der Waals surface area (Å²) in [6, 6.07) is 9.42. The second-order valence-corrected chi connectivity index (χ2v) is 8.88. The van der Waals surface area contributed by atoms with Crippen LogP contribution in [0, 0.1) is 0 Å². The quantitative estimate of drug-likeness (QED) is 0.752. The molecule has 3 rings (SSSR count). The first-order valence-electron chi connectivity index (χ1n) is 10.0. The molecule has 2 heterocycles. The summed E-state index contributed by atoms with van der Waals surface area (Å²) in [4.78, 5) is 2.57. The van der Waals surface area contributed by atoms with Crippen molar-refractivity contribution >= 4 is 12.6 Å². The van der Waals surface area contributed by atoms with Crippen molar-refractivity contribution in [1.29, 1.82) is 0 Å². The van der Waals surface area contributed by atoms with Gasteiger partial charge in [-0.1, -0.05) is 18.6 Å². The molecule has 2 atom stereocenters. The highest BCUT2D eigenvalue weighted by Gasteiger charge is 2.51. The Balaban J connectivity index is 1.58. The summed E-state index contributed by atoms with van der Waals surface area (Å²) in [5.41, 5.74) is 0.366. The number of piperidine rings is 1. The molecule has 2 fully saturated rings. The summed E-state index contributed by atoms with van der Waals surface area (Å²) in [5.74, 6) is 0.884. The van der Waals surface area contributed by atoms with Gasteiger partial charge in [-0.15, -0.1) is 0 Å². The SMILES string of the molecule is CC1CCCC(C)N1CCOc1cccc(B2OC(C)(C)C(C)(C)O2)c1. The molecule has 1 aromatic rings. The molecule has 26 heavy (non-hydrogen) atoms. The van der Waals surface area contributed by atoms with E-state index in [1.165, 1.54) is 19.3 Å². The monoisotopic (exact) mass is 359 g/mol. The molecule has 0 N–H and O–H groups in total. The predicted octanol–water partition coefficient (Wildman–Crippen LogP) is 3.63. The van der Waals surface area contributed by atoms with E-state index in [-0.39, 0.29) is 18.3 Å². The molecule has 1 aromatic carbocycles. The Hall–Kier alpha value is -1.04. The number of ether oxygens (including phenoxy) is 1. The first kappa shape index (κ1) is 19.7. The minimum atomic E-state index is -0.342. The van der Waals surface area contributed by atoms with Crippen LogP contribution >= 0.6 is 0 Å². The molecule has 0 amide bonds. The summed E-state index contributed by atoms with van der Waals surface area (Å²) >= 11 is 0. The van der Waals surface area contributed by atoms with Gasteiger partial charge in [0.05, 0.1) is 11.2 Å². The molecule has 144 valence electrons. The zero-order chi connectivity index (χ0) is 18.9. The third-order valence-electron chi connectivity index (χ3n) is 6.38. The van der Waals surface area contributed by atoms with Crippen LogP contribution in [0.5, 0.6) is 5.75 Å². The summed E-state index contributed by atoms with van der Waals surface area (Å²) < 4.78 is 18.4. The normalized spacial score (nSPS) is 28.3. The third kappa shape index (κ3) is 4.10. The van der Waals surface area contributed by atoms with Crippen molar-refractivity contribution in [3.8, 4) is 5.75 Å². The van der Waals surface area contributed by atoms with Crippen molar-refractivity contribution < 1.29 is 14.0 Å². The molecule has 2 aliphatic heterocycles. The van der Waals surface area contributed by atoms with Crippen molar-refractivity contribution in [3.63, 3.8) is 0 Å². The van der Waals surface area contributed by atoms with E-state index in [1.54, 1.807) is 0 Å². The van der Waals surface area contributed by atoms with Crippen molar-refractivity contribution in [3.05, 3.63) is 24.3 Å². The van der Waals surface area contributed by atoms with Gasteiger partial charge in [0.1, 0.15) is 12.4 Å². The number of nitrogens with zero attached hydrogens (tertiary/aromatic N) is 1. The number of hydrogen-bond acceptors (Lipinski definition) is 4. The standard InChI is InChI=1S/C21H34BNO3/c1-16-9-7-10-17(2)23(16)13-14-24-19-12-8-11-18(15-19)22-25-20(3,4)21(5,6)26-22/h8,11-12,15-17H,7,9-10,13-14H2,1-6H3. The minimum Gasteiger partial charge on any atom is -0.492 e. The van der Waals surface area contributed by atoms with Crippen LogP contribution < -0.4 is 10.2 Å². The fraction of sp³-hybridized carbons (Fsp3) is 0.714. The molecular weight excluding hydrogens is 325 g/mol. The van der Waals surface area contributed by atoms with E-state index in [4.69, 9.17) is 14.0 Å². The topological polar surface area (TPSA) is 30.9 Å². The maximum absolute atomic E-state index is 6.15. The van der Waals surface area contributed by atoms with Crippen LogP contribution in [-0.2, 0) is 9.31 Å². The number of likely N-dealkylation sites (tertiary alicyclic amines) is 1. The van der Waals surface area contributed by atoms with Crippen molar-refractivity contribution in [1.82, 2.24) is 4.90 Å². The Labute approximate surface area is 159 Å². The summed E-state index contributed by atoms with van der Waals surface area (Å²) in [5, 5.41) is 0. The zero-order valence-corrected chi connectivity index (χ0v) is 17.2. The Morgan fingerprint density at radius 1 is 1.08 bits per heavy atom. The third-order valence-corrected chi connectivity index (χ3v) is 6.38. The maximum atomic E-state index is 6.15. The van der Waals surface area contributed by atoms with Crippen LogP contribution in [0.4, 0.5) is 0 Å². The second-order valence-electron chi connectivity index (χ2n) is 8.88. The number of benzene rings is 1. The van der Waals surface area contributed by atoms with E-state index in [9.17, 15) is 0 Å². The lowest BCUT2D eigenvalue weighted by Crippen LogP contribution is -2.45. The van der Waals surface area contributed by atoms with Gasteiger partial charge in [0.25, 0.3) is 0 Å². The van der Waals surface area contributed by atoms with E-state index in [1.807, 2.05) is 24.3 Å². The van der Waals surface area contributed by atoms with Gasteiger partial charge in [-0.25, -0.2) is 0 Å². The average molecular weight is 359 g/mol. The predicted molar refractivity (Wildman–Crippen MR) is 107 cm³/mol. The molecule has 0 spiro atoms. The lowest BCUT2D eigenvalue weighted by Gasteiger charge is -2.38. The molecule has 0 saturated carbocycles. The van der Waals surface area contributed by atoms with Gasteiger partial charge < -0.3 is 14.0 Å². The molecular formula is C21H34BNO3. The Morgan fingerprint density at radius 3 is 2.31 bits per heavy atom. The highest BCUT2D eigenvalue weighted by molar-refractivity contribution is 6.62. The van der Waals surface area contributed by atoms with Crippen molar-refractivity contribution in [2.45, 2.75) is 84.1 Å². The Kier molecular flexibility index (Phi) is 5.71. The molecule has 2 saturated heterocycles. The molecule has 0 aromatic heterocycles. The van der Waals surface area contributed by atoms with E-state index < -0.39 is 0 Å². The summed E-state index contributed by atoms with van der Waals surface area (Å²) in [6.07, 6.45) is 3.93. The first-order valence-corrected chi connectivity index (χ1v) is 10.0. The molecule has 2 aliphatic rings. The highest BCUT2D eigenvalue weighted by Crippen LogP contribution is 2.36. The van der Waals surface area contributed by atoms with E-state index in [0.29, 0.717) is 18.7 Å². The van der Waals surface area contributed by atoms with E-state index in [0.717, 1.165) is 17.8 Å². The minimum absolute atomic E-state index is 0.324. The molecule has 0 bridgehead atoms. The summed E-state index contributed by atoms with van der Waals surface area (Å²) in [6.45, 7) is 14.7. The smallest absolute Gasteiger partial charge is 0.492 e. The first-order chi connectivity index (χ1) is 12.2. The zero-order valence-electron chi connectivity index (χ0n) is 17.2. The van der Waals surface area contributed by atoms with E-state index in [2.05, 4.69) is 46.4 Å². The van der Waals surface area contributed by atoms with E-state index >= 15 is 0 Å². The van der Waals surface area contributed by atoms with Crippen LogP contribution in [0.1, 0.15) is 60.8 Å². The lowest BCUT2D eigenvalue weighted by atomic mass is 9.79. The van der Waals surface area contributed by atoms with Crippen LogP contribution in [0.25, 0.3) is 0 Å². The largest absolute Gasteiger partial charge is 0.494 e. The van der Waals surface area contributed by atoms with Gasteiger partial charge in [-0.3, -0.25) is 4.90 Å². The van der Waals surface area contributed by atoms with Crippen LogP contribution in [0.2, 0.25) is 0 Å². The van der Waals surface area contributed by atoms with Gasteiger partial charge in [0.2, 0.25) is 0 Å². The van der Waals surface area contributed by atoms with Crippen LogP contribution in [-0.4, -0.2) is 48.5 Å². The molecule has 0 aliphatic carbocycles. The Bertz CT molecular complexity index is 593. The van der Waals surface area contributed by atoms with Gasteiger partial charge in [0, 0.05) is 18.6 Å². The summed E-state index contributed by atoms with van der Waals surface area (Å²) in [7, 11) is -0.342. The molecule has 0 radical (unpaired) electrons. The fourth-order valence-electron chi connectivity index (χ4n) is 3.91. The van der Waals surface area contributed by atoms with Crippen LogP contribution in [0.3, 0.4) is 0 Å². The molecule has 2 unspecified atom stereocenters. The maximum Gasteiger partial charge on any atom is 0.494 e. The molecule has 5 heteroatoms. The second kappa shape index (κ2) is 7.53. The van der Waals surface area contributed by atoms with Crippen LogP contribution in [0.15, 0.2) is 24.3 Å². The molecule has 4 nitrogen and oxygen atoms in total. The number of rotatable bonds is 5. The highest BCUT2D eigenvalue weighted by atomic mass is 16.7. The van der Waals surface area contributed by atoms with Gasteiger partial charge in [-0.05, 0) is 72.0 Å². The van der Waals surface area contributed by atoms with Gasteiger partial charge >= 0.3 is 7.12 Å². The number of hydrogen-bond donors (Lipinski definition) is 0. The average Bonchev–Trinajstić information content (AvgIpc) is 2.79. The lowest BCUT2D eigenvalue weighted by molar-refractivity contribution is 0.00578. The fourth-order valence-corrected chi connectivity index (χ4v) is 3.91.